The van der Waals surface area contributed by atoms with Gasteiger partial charge in [-0.25, -0.2) is 0 Å². The first kappa shape index (κ1) is 8.45. The molecule has 58 valence electrons. The summed E-state index contributed by atoms with van der Waals surface area (Å²) in [6, 6.07) is 3.49. The zero-order valence-corrected chi connectivity index (χ0v) is 8.12. The highest BCUT2D eigenvalue weighted by molar-refractivity contribution is 14.1. The Morgan fingerprint density at radius 2 is 2.45 bits per heavy atom. The number of nitrogens with one attached hydrogen (secondary N) is 1. The summed E-state index contributed by atoms with van der Waals surface area (Å²) in [7, 11) is 0. The Kier molecular flexibility index (Phi) is 2.81. The van der Waals surface area contributed by atoms with Gasteiger partial charge in [-0.15, -0.1) is 0 Å². The minimum atomic E-state index is -0.101. The summed E-state index contributed by atoms with van der Waals surface area (Å²) in [5.74, 6) is -0.101. The first-order valence-electron chi connectivity index (χ1n) is 3.08. The molecule has 1 heterocycles. The van der Waals surface area contributed by atoms with Gasteiger partial charge >= 0.3 is 0 Å². The maximum absolute atomic E-state index is 11.1. The number of carbonyl (C=O) groups excluding carboxylic acids is 1. The first-order chi connectivity index (χ1) is 5.25. The van der Waals surface area contributed by atoms with Crippen molar-refractivity contribution in [2.45, 2.75) is 6.92 Å². The summed E-state index contributed by atoms with van der Waals surface area (Å²) in [6.45, 7) is 1.81. The van der Waals surface area contributed by atoms with E-state index in [1.54, 1.807) is 48.1 Å². The third-order valence-electron chi connectivity index (χ3n) is 1.34. The van der Waals surface area contributed by atoms with E-state index in [9.17, 15) is 4.79 Å². The van der Waals surface area contributed by atoms with E-state index in [4.69, 9.17) is 0 Å². The number of rotatable bonds is 1. The van der Waals surface area contributed by atoms with E-state index in [2.05, 4.69) is 8.51 Å². The number of hydrogen-bond acceptors (Lipinski definition) is 2. The third-order valence-corrected chi connectivity index (χ3v) is 1.83. The van der Waals surface area contributed by atoms with Crippen molar-refractivity contribution in [1.82, 2.24) is 8.51 Å². The summed E-state index contributed by atoms with van der Waals surface area (Å²) in [4.78, 5) is 15.1. The Morgan fingerprint density at radius 1 is 1.73 bits per heavy atom. The molecule has 1 amide bonds. The molecule has 0 radical (unpaired) electrons. The zero-order chi connectivity index (χ0) is 8.27. The third kappa shape index (κ3) is 1.89. The van der Waals surface area contributed by atoms with Gasteiger partial charge in [0.05, 0.1) is 28.4 Å². The summed E-state index contributed by atoms with van der Waals surface area (Å²) >= 11 is 1.81. The molecule has 0 saturated heterocycles. The van der Waals surface area contributed by atoms with Crippen LogP contribution in [0.1, 0.15) is 16.1 Å². The lowest BCUT2D eigenvalue weighted by Crippen LogP contribution is -2.13. The Hall–Kier alpha value is -0.650. The molecule has 1 aromatic heterocycles. The van der Waals surface area contributed by atoms with Gasteiger partial charge in [-0.2, -0.15) is 0 Å². The van der Waals surface area contributed by atoms with Crippen molar-refractivity contribution in [3.63, 3.8) is 0 Å². The summed E-state index contributed by atoms with van der Waals surface area (Å²) in [5, 5.41) is 0. The second kappa shape index (κ2) is 3.66. The molecule has 0 atom stereocenters. The maximum Gasteiger partial charge on any atom is 0.261 e. The lowest BCUT2D eigenvalue weighted by atomic mass is 10.2. The molecule has 0 unspecified atom stereocenters. The van der Waals surface area contributed by atoms with E-state index < -0.39 is 0 Å². The largest absolute Gasteiger partial charge is 0.295 e. The monoisotopic (exact) mass is 262 g/mol. The van der Waals surface area contributed by atoms with Gasteiger partial charge < -0.3 is 0 Å². The van der Waals surface area contributed by atoms with Crippen LogP contribution in [0.4, 0.5) is 0 Å². The van der Waals surface area contributed by atoms with Crippen LogP contribution in [0.25, 0.3) is 0 Å². The van der Waals surface area contributed by atoms with Gasteiger partial charge in [-0.05, 0) is 19.1 Å². The molecule has 0 spiro atoms. The van der Waals surface area contributed by atoms with Crippen LogP contribution in [0, 0.1) is 6.92 Å². The van der Waals surface area contributed by atoms with Gasteiger partial charge in [0.2, 0.25) is 0 Å². The number of nitrogens with zero attached hydrogens (tertiary/aromatic N) is 1. The van der Waals surface area contributed by atoms with Crippen molar-refractivity contribution < 1.29 is 4.79 Å². The molecule has 0 fully saturated rings. The van der Waals surface area contributed by atoms with Crippen LogP contribution < -0.4 is 3.53 Å². The SMILES string of the molecule is Cc1ncccc1C(=O)NI. The fourth-order valence-electron chi connectivity index (χ4n) is 0.775. The van der Waals surface area contributed by atoms with Crippen LogP contribution in [0.2, 0.25) is 0 Å². The number of hydrogen-bond donors (Lipinski definition) is 1. The molecule has 1 rings (SSSR count). The molecule has 4 heteroatoms. The number of pyridine rings is 1. The topological polar surface area (TPSA) is 42.0 Å². The highest BCUT2D eigenvalue weighted by atomic mass is 127. The van der Waals surface area contributed by atoms with Crippen molar-refractivity contribution in [3.05, 3.63) is 29.6 Å². The summed E-state index contributed by atoms with van der Waals surface area (Å²) in [5.41, 5.74) is 1.38. The van der Waals surface area contributed by atoms with Gasteiger partial charge in [0.1, 0.15) is 0 Å². The van der Waals surface area contributed by atoms with Crippen molar-refractivity contribution in [2.75, 3.05) is 0 Å². The molecule has 0 saturated carbocycles. The van der Waals surface area contributed by atoms with Gasteiger partial charge in [0.15, 0.2) is 0 Å². The Balaban J connectivity index is 3.03. The number of carbonyl (C=O) groups is 1. The minimum absolute atomic E-state index is 0.101. The quantitative estimate of drug-likeness (QED) is 0.615. The number of amides is 1. The molecular weight excluding hydrogens is 255 g/mol. The predicted octanol–water partition coefficient (Wildman–Crippen LogP) is 1.47. The van der Waals surface area contributed by atoms with Crippen molar-refractivity contribution in [3.8, 4) is 0 Å². The Bertz CT molecular complexity index is 275. The molecule has 0 aromatic carbocycles. The first-order valence-corrected chi connectivity index (χ1v) is 4.16. The Labute approximate surface area is 78.7 Å². The van der Waals surface area contributed by atoms with E-state index in [0.29, 0.717) is 5.56 Å². The summed E-state index contributed by atoms with van der Waals surface area (Å²) in [6.07, 6.45) is 1.67. The summed E-state index contributed by atoms with van der Waals surface area (Å²) < 4.78 is 2.51. The molecule has 1 N–H and O–H groups in total. The highest BCUT2D eigenvalue weighted by Gasteiger charge is 2.05. The predicted molar refractivity (Wildman–Crippen MR) is 50.5 cm³/mol. The van der Waals surface area contributed by atoms with Gasteiger partial charge in [-0.1, -0.05) is 0 Å². The average Bonchev–Trinajstić information content (AvgIpc) is 2.04. The molecule has 0 aliphatic rings. The molecule has 0 aliphatic heterocycles. The van der Waals surface area contributed by atoms with Crippen LogP contribution in [0.15, 0.2) is 18.3 Å². The van der Waals surface area contributed by atoms with E-state index in [1.807, 2.05) is 0 Å². The molecule has 0 aliphatic carbocycles. The van der Waals surface area contributed by atoms with E-state index >= 15 is 0 Å². The van der Waals surface area contributed by atoms with Crippen molar-refractivity contribution >= 4 is 28.8 Å². The van der Waals surface area contributed by atoms with E-state index in [-0.39, 0.29) is 5.91 Å². The molecule has 3 nitrogen and oxygen atoms in total. The fourth-order valence-corrected chi connectivity index (χ4v) is 1.07. The normalized spacial score (nSPS) is 9.27. The van der Waals surface area contributed by atoms with Crippen LogP contribution in [0.3, 0.4) is 0 Å². The smallest absolute Gasteiger partial charge is 0.261 e. The molecular formula is C7H7IN2O. The molecule has 1 aromatic rings. The second-order valence-electron chi connectivity index (χ2n) is 2.06. The van der Waals surface area contributed by atoms with Gasteiger partial charge in [-0.3, -0.25) is 13.3 Å². The average molecular weight is 262 g/mol. The van der Waals surface area contributed by atoms with E-state index in [0.717, 1.165) is 5.69 Å². The van der Waals surface area contributed by atoms with Crippen molar-refractivity contribution in [1.29, 1.82) is 0 Å². The second-order valence-corrected chi connectivity index (χ2v) is 2.60. The standard InChI is InChI=1S/C7H7IN2O/c1-5-6(7(11)10-8)3-2-4-9-5/h2-4H,1H3,(H,10,11). The van der Waals surface area contributed by atoms with Crippen LogP contribution in [-0.2, 0) is 0 Å². The maximum atomic E-state index is 11.1. The van der Waals surface area contributed by atoms with Crippen LogP contribution in [-0.4, -0.2) is 10.9 Å². The van der Waals surface area contributed by atoms with E-state index in [1.165, 1.54) is 0 Å². The lowest BCUT2D eigenvalue weighted by molar-refractivity contribution is 0.0988. The zero-order valence-electron chi connectivity index (χ0n) is 5.97. The van der Waals surface area contributed by atoms with Gasteiger partial charge in [0, 0.05) is 11.9 Å². The van der Waals surface area contributed by atoms with Crippen LogP contribution >= 0.6 is 22.9 Å². The number of aromatic nitrogens is 1. The molecule has 11 heavy (non-hydrogen) atoms. The fraction of sp³-hybridized carbons (Fsp3) is 0.143. The number of halogens is 1. The Morgan fingerprint density at radius 3 is 3.00 bits per heavy atom. The minimum Gasteiger partial charge on any atom is -0.295 e. The number of aryl methyl sites for hydroxylation is 1. The van der Waals surface area contributed by atoms with Gasteiger partial charge in [0.25, 0.3) is 5.91 Å². The lowest BCUT2D eigenvalue weighted by Gasteiger charge is -1.99. The van der Waals surface area contributed by atoms with Crippen molar-refractivity contribution in [2.24, 2.45) is 0 Å². The highest BCUT2D eigenvalue weighted by Crippen LogP contribution is 2.03. The van der Waals surface area contributed by atoms with Crippen LogP contribution in [0.5, 0.6) is 0 Å². The molecule has 0 bridgehead atoms.